The number of halogens is 1. The van der Waals surface area contributed by atoms with E-state index in [-0.39, 0.29) is 5.91 Å². The van der Waals surface area contributed by atoms with Gasteiger partial charge in [0, 0.05) is 11.5 Å². The highest BCUT2D eigenvalue weighted by Crippen LogP contribution is 2.24. The first-order valence-corrected chi connectivity index (χ1v) is 8.94. The number of carbonyl (C=O) groups is 1. The molecule has 23 heavy (non-hydrogen) atoms. The number of rotatable bonds is 2. The number of fused-ring (bicyclic) bond motifs is 1. The summed E-state index contributed by atoms with van der Waals surface area (Å²) < 4.78 is 4.08. The first-order chi connectivity index (χ1) is 11.0. The van der Waals surface area contributed by atoms with Crippen LogP contribution in [0.4, 0.5) is 0 Å². The summed E-state index contributed by atoms with van der Waals surface area (Å²) in [7, 11) is 1.94. The monoisotopic (exact) mass is 388 g/mol. The molecule has 3 rings (SSSR count). The van der Waals surface area contributed by atoms with E-state index in [1.165, 1.54) is 16.9 Å². The topological polar surface area (TPSA) is 34.4 Å². The molecule has 0 saturated heterocycles. The van der Waals surface area contributed by atoms with Crippen molar-refractivity contribution < 1.29 is 4.79 Å². The van der Waals surface area contributed by atoms with Crippen molar-refractivity contribution in [2.75, 3.05) is 0 Å². The molecule has 0 fully saturated rings. The number of aromatic nitrogens is 1. The maximum atomic E-state index is 12.3. The van der Waals surface area contributed by atoms with Crippen LogP contribution in [0.5, 0.6) is 0 Å². The molecule has 0 aliphatic carbocycles. The summed E-state index contributed by atoms with van der Waals surface area (Å²) >= 11 is 5.09. The van der Waals surface area contributed by atoms with E-state index in [9.17, 15) is 4.79 Å². The number of thiazole rings is 1. The molecule has 0 bridgehead atoms. The number of hydrogen-bond donors (Lipinski definition) is 0. The van der Waals surface area contributed by atoms with Gasteiger partial charge in [-0.15, -0.1) is 0 Å². The molecule has 0 spiro atoms. The van der Waals surface area contributed by atoms with Gasteiger partial charge in [-0.25, -0.2) is 0 Å². The van der Waals surface area contributed by atoms with Crippen LogP contribution in [-0.4, -0.2) is 10.5 Å². The number of nitrogens with zero attached hydrogens (tertiary/aromatic N) is 2. The fourth-order valence-electron chi connectivity index (χ4n) is 2.62. The SMILES string of the molecule is Cc1ccc(CC(=O)N=c2sc3cccc(Br)c3n2C)c(C)c1. The Balaban J connectivity index is 1.97. The van der Waals surface area contributed by atoms with Gasteiger partial charge in [0.2, 0.25) is 0 Å². The predicted molar refractivity (Wildman–Crippen MR) is 98.7 cm³/mol. The van der Waals surface area contributed by atoms with E-state index < -0.39 is 0 Å². The Morgan fingerprint density at radius 1 is 1.26 bits per heavy atom. The molecule has 3 aromatic rings. The lowest BCUT2D eigenvalue weighted by Gasteiger charge is -2.04. The van der Waals surface area contributed by atoms with E-state index in [4.69, 9.17) is 0 Å². The predicted octanol–water partition coefficient (Wildman–Crippen LogP) is 4.29. The Morgan fingerprint density at radius 2 is 2.04 bits per heavy atom. The van der Waals surface area contributed by atoms with E-state index in [2.05, 4.69) is 33.9 Å². The summed E-state index contributed by atoms with van der Waals surface area (Å²) in [6.07, 6.45) is 0.335. The standard InChI is InChI=1S/C18H17BrN2OS/c1-11-7-8-13(12(2)9-11)10-16(22)20-18-21(3)17-14(19)5-4-6-15(17)23-18/h4-9H,10H2,1-3H3. The average Bonchev–Trinajstić information content (AvgIpc) is 2.80. The summed E-state index contributed by atoms with van der Waals surface area (Å²) in [6.45, 7) is 4.09. The zero-order valence-electron chi connectivity index (χ0n) is 13.3. The highest BCUT2D eigenvalue weighted by atomic mass is 79.9. The Hall–Kier alpha value is -1.72. The molecular weight excluding hydrogens is 372 g/mol. The second kappa shape index (κ2) is 6.42. The zero-order valence-corrected chi connectivity index (χ0v) is 15.7. The summed E-state index contributed by atoms with van der Waals surface area (Å²) in [4.78, 5) is 17.4. The Labute approximate surface area is 147 Å². The highest BCUT2D eigenvalue weighted by molar-refractivity contribution is 9.10. The fraction of sp³-hybridized carbons (Fsp3) is 0.222. The number of aryl methyl sites for hydroxylation is 3. The van der Waals surface area contributed by atoms with Crippen molar-refractivity contribution in [1.29, 1.82) is 0 Å². The molecule has 0 aliphatic rings. The number of hydrogen-bond acceptors (Lipinski definition) is 2. The second-order valence-electron chi connectivity index (χ2n) is 5.64. The van der Waals surface area contributed by atoms with Crippen molar-refractivity contribution in [3.05, 3.63) is 62.4 Å². The van der Waals surface area contributed by atoms with Crippen LogP contribution in [-0.2, 0) is 18.3 Å². The van der Waals surface area contributed by atoms with Crippen LogP contribution in [0, 0.1) is 13.8 Å². The van der Waals surface area contributed by atoms with Crippen LogP contribution >= 0.6 is 27.3 Å². The third kappa shape index (κ3) is 3.31. The van der Waals surface area contributed by atoms with Gasteiger partial charge in [-0.2, -0.15) is 4.99 Å². The quantitative estimate of drug-likeness (QED) is 0.644. The van der Waals surface area contributed by atoms with Crippen molar-refractivity contribution in [3.8, 4) is 0 Å². The fourth-order valence-corrected chi connectivity index (χ4v) is 4.44. The van der Waals surface area contributed by atoms with Crippen LogP contribution in [0.1, 0.15) is 16.7 Å². The minimum atomic E-state index is -0.116. The number of para-hydroxylation sites is 1. The van der Waals surface area contributed by atoms with Crippen molar-refractivity contribution >= 4 is 43.4 Å². The number of amides is 1. The Bertz CT molecular complexity index is 969. The molecule has 3 nitrogen and oxygen atoms in total. The number of benzene rings is 2. The van der Waals surface area contributed by atoms with Crippen molar-refractivity contribution in [3.63, 3.8) is 0 Å². The highest BCUT2D eigenvalue weighted by Gasteiger charge is 2.09. The average molecular weight is 389 g/mol. The summed E-state index contributed by atoms with van der Waals surface area (Å²) in [5.74, 6) is -0.116. The van der Waals surface area contributed by atoms with Crippen LogP contribution in [0.3, 0.4) is 0 Å². The maximum Gasteiger partial charge on any atom is 0.252 e. The van der Waals surface area contributed by atoms with Crippen molar-refractivity contribution in [1.82, 2.24) is 4.57 Å². The lowest BCUT2D eigenvalue weighted by molar-refractivity contribution is -0.117. The van der Waals surface area contributed by atoms with Gasteiger partial charge in [-0.05, 0) is 53.0 Å². The molecule has 0 unspecified atom stereocenters. The lowest BCUT2D eigenvalue weighted by atomic mass is 10.0. The molecule has 1 heterocycles. The minimum Gasteiger partial charge on any atom is -0.318 e. The molecular formula is C18H17BrN2OS. The lowest BCUT2D eigenvalue weighted by Crippen LogP contribution is -2.14. The molecule has 0 saturated carbocycles. The zero-order chi connectivity index (χ0) is 16.6. The normalized spacial score (nSPS) is 12.1. The minimum absolute atomic E-state index is 0.116. The van der Waals surface area contributed by atoms with Crippen molar-refractivity contribution in [2.45, 2.75) is 20.3 Å². The maximum absolute atomic E-state index is 12.3. The molecule has 0 radical (unpaired) electrons. The summed E-state index contributed by atoms with van der Waals surface area (Å²) in [5, 5.41) is 0. The van der Waals surface area contributed by atoms with E-state index in [0.29, 0.717) is 6.42 Å². The smallest absolute Gasteiger partial charge is 0.252 e. The second-order valence-corrected chi connectivity index (χ2v) is 7.51. The van der Waals surface area contributed by atoms with Gasteiger partial charge in [-0.3, -0.25) is 4.79 Å². The third-order valence-electron chi connectivity index (χ3n) is 3.83. The van der Waals surface area contributed by atoms with Gasteiger partial charge >= 0.3 is 0 Å². The molecule has 0 aliphatic heterocycles. The van der Waals surface area contributed by atoms with Gasteiger partial charge in [-0.1, -0.05) is 41.2 Å². The van der Waals surface area contributed by atoms with Gasteiger partial charge < -0.3 is 4.57 Å². The first-order valence-electron chi connectivity index (χ1n) is 7.33. The van der Waals surface area contributed by atoms with Crippen molar-refractivity contribution in [2.24, 2.45) is 12.0 Å². The molecule has 0 N–H and O–H groups in total. The number of carbonyl (C=O) groups excluding carboxylic acids is 1. The Kier molecular flexibility index (Phi) is 4.50. The molecule has 1 amide bonds. The van der Waals surface area contributed by atoms with Gasteiger partial charge in [0.25, 0.3) is 5.91 Å². The van der Waals surface area contributed by atoms with Gasteiger partial charge in [0.15, 0.2) is 4.80 Å². The third-order valence-corrected chi connectivity index (χ3v) is 5.57. The summed E-state index contributed by atoms with van der Waals surface area (Å²) in [5.41, 5.74) is 4.44. The van der Waals surface area contributed by atoms with Gasteiger partial charge in [0.05, 0.1) is 16.6 Å². The van der Waals surface area contributed by atoms with E-state index in [0.717, 1.165) is 30.6 Å². The Morgan fingerprint density at radius 3 is 2.74 bits per heavy atom. The summed E-state index contributed by atoms with van der Waals surface area (Å²) in [6, 6.07) is 12.2. The largest absolute Gasteiger partial charge is 0.318 e. The van der Waals surface area contributed by atoms with Crippen LogP contribution < -0.4 is 4.80 Å². The molecule has 0 atom stereocenters. The van der Waals surface area contributed by atoms with Crippen LogP contribution in [0.2, 0.25) is 0 Å². The van der Waals surface area contributed by atoms with Crippen LogP contribution in [0.25, 0.3) is 10.2 Å². The van der Waals surface area contributed by atoms with Gasteiger partial charge in [0.1, 0.15) is 0 Å². The van der Waals surface area contributed by atoms with E-state index in [1.54, 1.807) is 0 Å². The first kappa shape index (κ1) is 16.1. The van der Waals surface area contributed by atoms with E-state index in [1.807, 2.05) is 48.9 Å². The molecule has 5 heteroatoms. The van der Waals surface area contributed by atoms with Crippen LogP contribution in [0.15, 0.2) is 45.9 Å². The van der Waals surface area contributed by atoms with E-state index >= 15 is 0 Å². The molecule has 2 aromatic carbocycles. The molecule has 118 valence electrons. The molecule has 1 aromatic heterocycles.